The fourth-order valence-corrected chi connectivity index (χ4v) is 3.62. The minimum Gasteiger partial charge on any atom is -0.314 e. The molecule has 1 fully saturated rings. The highest BCUT2D eigenvalue weighted by Gasteiger charge is 2.26. The van der Waals surface area contributed by atoms with Gasteiger partial charge in [-0.15, -0.1) is 0 Å². The van der Waals surface area contributed by atoms with Gasteiger partial charge in [0.1, 0.15) is 0 Å². The summed E-state index contributed by atoms with van der Waals surface area (Å²) in [4.78, 5) is 0. The Balaban J connectivity index is 2.31. The molecule has 0 aliphatic heterocycles. The molecule has 1 rings (SSSR count). The highest BCUT2D eigenvalue weighted by molar-refractivity contribution is 4.81. The monoisotopic (exact) mass is 267 g/mol. The molecule has 19 heavy (non-hydrogen) atoms. The number of unbranched alkanes of at least 4 members (excludes halogenated alkanes) is 3. The highest BCUT2D eigenvalue weighted by Crippen LogP contribution is 2.33. The quantitative estimate of drug-likeness (QED) is 0.512. The van der Waals surface area contributed by atoms with Crippen molar-refractivity contribution in [2.45, 2.75) is 97.4 Å². The molecule has 0 aromatic rings. The zero-order valence-corrected chi connectivity index (χ0v) is 13.7. The van der Waals surface area contributed by atoms with Crippen molar-refractivity contribution in [1.29, 1.82) is 0 Å². The summed E-state index contributed by atoms with van der Waals surface area (Å²) in [5.74, 6) is 2.00. The molecule has 0 amide bonds. The topological polar surface area (TPSA) is 12.0 Å². The molecule has 0 aromatic heterocycles. The van der Waals surface area contributed by atoms with E-state index in [1.165, 1.54) is 77.2 Å². The molecule has 1 unspecified atom stereocenters. The maximum atomic E-state index is 3.85. The van der Waals surface area contributed by atoms with E-state index in [9.17, 15) is 0 Å². The Labute approximate surface area is 121 Å². The lowest BCUT2D eigenvalue weighted by Gasteiger charge is -2.34. The zero-order valence-electron chi connectivity index (χ0n) is 13.7. The number of nitrogens with one attached hydrogen (secondary N) is 1. The van der Waals surface area contributed by atoms with E-state index in [2.05, 4.69) is 26.1 Å². The lowest BCUT2D eigenvalue weighted by atomic mass is 9.76. The van der Waals surface area contributed by atoms with Crippen molar-refractivity contribution in [2.24, 2.45) is 11.8 Å². The van der Waals surface area contributed by atoms with Gasteiger partial charge in [-0.2, -0.15) is 0 Å². The Hall–Kier alpha value is -0.0400. The normalized spacial score (nSPS) is 25.4. The molecule has 0 heterocycles. The summed E-state index contributed by atoms with van der Waals surface area (Å²) < 4.78 is 0. The van der Waals surface area contributed by atoms with Gasteiger partial charge in [-0.25, -0.2) is 0 Å². The predicted molar refractivity (Wildman–Crippen MR) is 86.6 cm³/mol. The first-order valence-corrected chi connectivity index (χ1v) is 9.05. The molecule has 1 aliphatic carbocycles. The Bertz CT molecular complexity index is 194. The van der Waals surface area contributed by atoms with Gasteiger partial charge >= 0.3 is 0 Å². The molecular formula is C18H37N. The Kier molecular flexibility index (Phi) is 9.59. The first-order valence-electron chi connectivity index (χ1n) is 9.05. The number of hydrogen-bond donors (Lipinski definition) is 1. The fraction of sp³-hybridized carbons (Fsp3) is 1.00. The van der Waals surface area contributed by atoms with E-state index in [0.717, 1.165) is 17.9 Å². The van der Waals surface area contributed by atoms with E-state index in [1.807, 2.05) is 0 Å². The molecule has 0 spiro atoms. The van der Waals surface area contributed by atoms with E-state index in [4.69, 9.17) is 0 Å². The average molecular weight is 268 g/mol. The summed E-state index contributed by atoms with van der Waals surface area (Å²) in [6.07, 6.45) is 15.7. The second-order valence-electron chi connectivity index (χ2n) is 6.60. The third-order valence-electron chi connectivity index (χ3n) is 5.06. The molecule has 1 aliphatic rings. The molecule has 1 atom stereocenters. The highest BCUT2D eigenvalue weighted by atomic mass is 14.9. The van der Waals surface area contributed by atoms with Crippen LogP contribution in [0.2, 0.25) is 0 Å². The van der Waals surface area contributed by atoms with Gasteiger partial charge in [0.15, 0.2) is 0 Å². The van der Waals surface area contributed by atoms with Crippen LogP contribution in [0.3, 0.4) is 0 Å². The van der Waals surface area contributed by atoms with Crippen LogP contribution in [0.25, 0.3) is 0 Å². The molecule has 114 valence electrons. The average Bonchev–Trinajstić information content (AvgIpc) is 2.47. The van der Waals surface area contributed by atoms with Gasteiger partial charge in [-0.3, -0.25) is 0 Å². The van der Waals surface area contributed by atoms with E-state index < -0.39 is 0 Å². The van der Waals surface area contributed by atoms with Crippen LogP contribution in [-0.2, 0) is 0 Å². The summed E-state index contributed by atoms with van der Waals surface area (Å²) >= 11 is 0. The molecule has 1 N–H and O–H groups in total. The van der Waals surface area contributed by atoms with Gasteiger partial charge in [0.25, 0.3) is 0 Å². The number of rotatable bonds is 10. The first kappa shape index (κ1) is 17.0. The Morgan fingerprint density at radius 1 is 0.895 bits per heavy atom. The van der Waals surface area contributed by atoms with Crippen LogP contribution in [-0.4, -0.2) is 12.6 Å². The fourth-order valence-electron chi connectivity index (χ4n) is 3.62. The van der Waals surface area contributed by atoms with Crippen LogP contribution in [0, 0.1) is 11.8 Å². The summed E-state index contributed by atoms with van der Waals surface area (Å²) in [5.41, 5.74) is 0. The Morgan fingerprint density at radius 2 is 1.63 bits per heavy atom. The largest absolute Gasteiger partial charge is 0.314 e. The van der Waals surface area contributed by atoms with Crippen LogP contribution in [0.15, 0.2) is 0 Å². The van der Waals surface area contributed by atoms with Crippen LogP contribution < -0.4 is 5.32 Å². The molecule has 1 saturated carbocycles. The van der Waals surface area contributed by atoms with Crippen molar-refractivity contribution in [3.8, 4) is 0 Å². The molecule has 1 nitrogen and oxygen atoms in total. The van der Waals surface area contributed by atoms with Gasteiger partial charge in [-0.1, -0.05) is 65.7 Å². The molecule has 0 aromatic carbocycles. The molecular weight excluding hydrogens is 230 g/mol. The number of hydrogen-bond acceptors (Lipinski definition) is 1. The smallest absolute Gasteiger partial charge is 0.00953 e. The van der Waals surface area contributed by atoms with Gasteiger partial charge in [0.05, 0.1) is 0 Å². The van der Waals surface area contributed by atoms with Gasteiger partial charge in [0.2, 0.25) is 0 Å². The van der Waals surface area contributed by atoms with Crippen LogP contribution in [0.5, 0.6) is 0 Å². The standard InChI is InChI=1S/C18H37N/c1-4-7-8-9-10-18(19-15-5-2)17-13-11-16(6-3)12-14-17/h16-19H,4-15H2,1-3H3. The second kappa shape index (κ2) is 10.7. The van der Waals surface area contributed by atoms with Crippen molar-refractivity contribution < 1.29 is 0 Å². The summed E-state index contributed by atoms with van der Waals surface area (Å²) in [6, 6.07) is 0.814. The van der Waals surface area contributed by atoms with Crippen LogP contribution >= 0.6 is 0 Å². The van der Waals surface area contributed by atoms with Gasteiger partial charge < -0.3 is 5.32 Å². The summed E-state index contributed by atoms with van der Waals surface area (Å²) in [6.45, 7) is 8.17. The van der Waals surface area contributed by atoms with Crippen molar-refractivity contribution in [3.63, 3.8) is 0 Å². The maximum Gasteiger partial charge on any atom is 0.00953 e. The predicted octanol–water partition coefficient (Wildman–Crippen LogP) is 5.54. The first-order chi connectivity index (χ1) is 9.31. The Morgan fingerprint density at radius 3 is 2.21 bits per heavy atom. The van der Waals surface area contributed by atoms with Gasteiger partial charge in [0, 0.05) is 6.04 Å². The van der Waals surface area contributed by atoms with Crippen molar-refractivity contribution in [2.75, 3.05) is 6.54 Å². The van der Waals surface area contributed by atoms with E-state index in [-0.39, 0.29) is 0 Å². The van der Waals surface area contributed by atoms with Crippen molar-refractivity contribution in [1.82, 2.24) is 5.32 Å². The van der Waals surface area contributed by atoms with Crippen molar-refractivity contribution in [3.05, 3.63) is 0 Å². The third kappa shape index (κ3) is 6.79. The summed E-state index contributed by atoms with van der Waals surface area (Å²) in [5, 5.41) is 3.85. The molecule has 1 heteroatoms. The van der Waals surface area contributed by atoms with E-state index in [1.54, 1.807) is 0 Å². The molecule has 0 saturated heterocycles. The van der Waals surface area contributed by atoms with E-state index >= 15 is 0 Å². The summed E-state index contributed by atoms with van der Waals surface area (Å²) in [7, 11) is 0. The van der Waals surface area contributed by atoms with Crippen LogP contribution in [0.4, 0.5) is 0 Å². The minimum absolute atomic E-state index is 0.814. The third-order valence-corrected chi connectivity index (χ3v) is 5.06. The lowest BCUT2D eigenvalue weighted by Crippen LogP contribution is -2.38. The van der Waals surface area contributed by atoms with Crippen LogP contribution in [0.1, 0.15) is 91.4 Å². The van der Waals surface area contributed by atoms with Gasteiger partial charge in [-0.05, 0) is 44.1 Å². The molecule has 0 bridgehead atoms. The lowest BCUT2D eigenvalue weighted by molar-refractivity contribution is 0.208. The molecule has 0 radical (unpaired) electrons. The maximum absolute atomic E-state index is 3.85. The van der Waals surface area contributed by atoms with E-state index in [0.29, 0.717) is 0 Å². The SMILES string of the molecule is CCCCCCC(NCCC)C1CCC(CC)CC1. The zero-order chi connectivity index (χ0) is 13.9. The minimum atomic E-state index is 0.814. The second-order valence-corrected chi connectivity index (χ2v) is 6.60. The van der Waals surface area contributed by atoms with Crippen molar-refractivity contribution >= 4 is 0 Å².